The van der Waals surface area contributed by atoms with Crippen LogP contribution in [0.25, 0.3) is 0 Å². The summed E-state index contributed by atoms with van der Waals surface area (Å²) >= 11 is 0. The molecule has 0 aliphatic heterocycles. The van der Waals surface area contributed by atoms with Gasteiger partial charge in [-0.3, -0.25) is 4.79 Å². The number of benzene rings is 1. The summed E-state index contributed by atoms with van der Waals surface area (Å²) < 4.78 is 12.8. The first-order valence-electron chi connectivity index (χ1n) is 5.21. The van der Waals surface area contributed by atoms with E-state index in [-0.39, 0.29) is 11.6 Å². The molecule has 1 saturated carbocycles. The number of ketones is 1. The van der Waals surface area contributed by atoms with Crippen molar-refractivity contribution in [3.05, 3.63) is 35.6 Å². The fraction of sp³-hybridized carbons (Fsp3) is 0.417. The second-order valence-electron chi connectivity index (χ2n) is 4.11. The van der Waals surface area contributed by atoms with Crippen molar-refractivity contribution >= 4 is 5.78 Å². The molecular formula is C12H14FNO. The third kappa shape index (κ3) is 1.79. The molecule has 0 spiro atoms. The molecule has 2 nitrogen and oxygen atoms in total. The van der Waals surface area contributed by atoms with E-state index in [1.165, 1.54) is 12.1 Å². The van der Waals surface area contributed by atoms with E-state index in [4.69, 9.17) is 5.73 Å². The average Bonchev–Trinajstić information content (AvgIpc) is 2.23. The highest BCUT2D eigenvalue weighted by atomic mass is 19.1. The van der Waals surface area contributed by atoms with E-state index in [0.717, 1.165) is 18.4 Å². The molecule has 1 atom stereocenters. The topological polar surface area (TPSA) is 43.1 Å². The van der Waals surface area contributed by atoms with Crippen LogP contribution in [0.2, 0.25) is 0 Å². The van der Waals surface area contributed by atoms with Crippen molar-refractivity contribution in [2.24, 2.45) is 5.73 Å². The number of halogens is 1. The van der Waals surface area contributed by atoms with Crippen LogP contribution in [-0.2, 0) is 10.3 Å². The molecule has 0 amide bonds. The van der Waals surface area contributed by atoms with Gasteiger partial charge in [0.25, 0.3) is 0 Å². The Balaban J connectivity index is 2.35. The number of hydrogen-bond donors (Lipinski definition) is 1. The first-order chi connectivity index (χ1) is 7.13. The van der Waals surface area contributed by atoms with Gasteiger partial charge in [-0.05, 0) is 30.5 Å². The molecule has 3 heteroatoms. The maximum absolute atomic E-state index is 12.8. The molecular weight excluding hydrogens is 193 g/mol. The van der Waals surface area contributed by atoms with Gasteiger partial charge in [0.2, 0.25) is 0 Å². The van der Waals surface area contributed by atoms with E-state index in [1.54, 1.807) is 12.1 Å². The Kier molecular flexibility index (Phi) is 2.57. The van der Waals surface area contributed by atoms with Crippen LogP contribution in [0.4, 0.5) is 4.39 Å². The normalized spacial score (nSPS) is 26.7. The predicted octanol–water partition coefficient (Wildman–Crippen LogP) is 2.12. The van der Waals surface area contributed by atoms with Gasteiger partial charge in [-0.15, -0.1) is 0 Å². The van der Waals surface area contributed by atoms with Crippen LogP contribution in [0.15, 0.2) is 24.3 Å². The van der Waals surface area contributed by atoms with Gasteiger partial charge in [0.05, 0.1) is 0 Å². The summed E-state index contributed by atoms with van der Waals surface area (Å²) in [6, 6.07) is 5.93. The monoisotopic (exact) mass is 207 g/mol. The molecule has 1 aromatic rings. The van der Waals surface area contributed by atoms with Gasteiger partial charge in [-0.1, -0.05) is 18.6 Å². The van der Waals surface area contributed by atoms with E-state index in [1.807, 2.05) is 0 Å². The molecule has 2 rings (SSSR count). The van der Waals surface area contributed by atoms with Gasteiger partial charge in [0.1, 0.15) is 11.4 Å². The Bertz CT molecular complexity index is 374. The zero-order valence-corrected chi connectivity index (χ0v) is 8.50. The van der Waals surface area contributed by atoms with Crippen molar-refractivity contribution < 1.29 is 9.18 Å². The summed E-state index contributed by atoms with van der Waals surface area (Å²) in [5.74, 6) is -0.231. The molecule has 15 heavy (non-hydrogen) atoms. The highest BCUT2D eigenvalue weighted by Crippen LogP contribution is 2.31. The number of Topliss-reactive ketones (excluding diaryl/α,β-unsaturated/α-hetero) is 1. The molecule has 0 heterocycles. The van der Waals surface area contributed by atoms with Crippen LogP contribution in [0, 0.1) is 5.82 Å². The zero-order chi connectivity index (χ0) is 10.9. The van der Waals surface area contributed by atoms with Crippen molar-refractivity contribution in [1.82, 2.24) is 0 Å². The van der Waals surface area contributed by atoms with Crippen molar-refractivity contribution in [1.29, 1.82) is 0 Å². The second kappa shape index (κ2) is 3.74. The maximum atomic E-state index is 12.8. The van der Waals surface area contributed by atoms with Gasteiger partial charge in [0.15, 0.2) is 5.78 Å². The summed E-state index contributed by atoms with van der Waals surface area (Å²) in [4.78, 5) is 11.8. The smallest absolute Gasteiger partial charge is 0.157 e. The standard InChI is InChI=1S/C12H14FNO/c13-10-6-4-9(5-7-10)12(14)8-2-1-3-11(12)15/h4-7H,1-3,8,14H2/t12-/m1/s1. The Morgan fingerprint density at radius 2 is 1.87 bits per heavy atom. The van der Waals surface area contributed by atoms with Gasteiger partial charge >= 0.3 is 0 Å². The molecule has 1 aromatic carbocycles. The van der Waals surface area contributed by atoms with Crippen molar-refractivity contribution in [3.63, 3.8) is 0 Å². The molecule has 2 N–H and O–H groups in total. The predicted molar refractivity (Wildman–Crippen MR) is 55.7 cm³/mol. The maximum Gasteiger partial charge on any atom is 0.157 e. The van der Waals surface area contributed by atoms with Gasteiger partial charge in [-0.2, -0.15) is 0 Å². The molecule has 0 saturated heterocycles. The van der Waals surface area contributed by atoms with Crippen LogP contribution in [0.5, 0.6) is 0 Å². The van der Waals surface area contributed by atoms with Crippen LogP contribution in [0.3, 0.4) is 0 Å². The molecule has 0 unspecified atom stereocenters. The summed E-state index contributed by atoms with van der Waals surface area (Å²) in [6.45, 7) is 0. The summed E-state index contributed by atoms with van der Waals surface area (Å²) in [6.07, 6.45) is 3.07. The van der Waals surface area contributed by atoms with Gasteiger partial charge in [0, 0.05) is 6.42 Å². The first-order valence-corrected chi connectivity index (χ1v) is 5.21. The molecule has 0 radical (unpaired) electrons. The molecule has 0 bridgehead atoms. The number of hydrogen-bond acceptors (Lipinski definition) is 2. The SMILES string of the molecule is N[C@@]1(c2ccc(F)cc2)CCCCC1=O. The number of carbonyl (C=O) groups is 1. The summed E-state index contributed by atoms with van der Waals surface area (Å²) in [7, 11) is 0. The Morgan fingerprint density at radius 1 is 1.20 bits per heavy atom. The minimum absolute atomic E-state index is 0.0698. The minimum atomic E-state index is -0.883. The zero-order valence-electron chi connectivity index (χ0n) is 8.50. The minimum Gasteiger partial charge on any atom is -0.315 e. The summed E-state index contributed by atoms with van der Waals surface area (Å²) in [5, 5.41) is 0. The van der Waals surface area contributed by atoms with Crippen molar-refractivity contribution in [3.8, 4) is 0 Å². The molecule has 80 valence electrons. The van der Waals surface area contributed by atoms with E-state index < -0.39 is 5.54 Å². The lowest BCUT2D eigenvalue weighted by molar-refractivity contribution is -0.126. The number of rotatable bonds is 1. The lowest BCUT2D eigenvalue weighted by atomic mass is 9.76. The molecule has 1 aliphatic rings. The fourth-order valence-corrected chi connectivity index (χ4v) is 2.10. The molecule has 1 fully saturated rings. The average molecular weight is 207 g/mol. The third-order valence-corrected chi connectivity index (χ3v) is 3.08. The molecule has 1 aliphatic carbocycles. The quantitative estimate of drug-likeness (QED) is 0.766. The number of nitrogens with two attached hydrogens (primary N) is 1. The summed E-state index contributed by atoms with van der Waals surface area (Å²) in [5.41, 5.74) is 5.95. The lowest BCUT2D eigenvalue weighted by Gasteiger charge is -2.32. The molecule has 0 aromatic heterocycles. The Morgan fingerprint density at radius 3 is 2.47 bits per heavy atom. The lowest BCUT2D eigenvalue weighted by Crippen LogP contribution is -2.46. The van der Waals surface area contributed by atoms with E-state index >= 15 is 0 Å². The van der Waals surface area contributed by atoms with Gasteiger partial charge < -0.3 is 5.73 Å². The third-order valence-electron chi connectivity index (χ3n) is 3.08. The largest absolute Gasteiger partial charge is 0.315 e. The van der Waals surface area contributed by atoms with E-state index in [9.17, 15) is 9.18 Å². The second-order valence-corrected chi connectivity index (χ2v) is 4.11. The van der Waals surface area contributed by atoms with Crippen molar-refractivity contribution in [2.75, 3.05) is 0 Å². The number of carbonyl (C=O) groups excluding carboxylic acids is 1. The van der Waals surface area contributed by atoms with E-state index in [2.05, 4.69) is 0 Å². The van der Waals surface area contributed by atoms with Gasteiger partial charge in [-0.25, -0.2) is 4.39 Å². The fourth-order valence-electron chi connectivity index (χ4n) is 2.10. The van der Waals surface area contributed by atoms with Crippen molar-refractivity contribution in [2.45, 2.75) is 31.2 Å². The Hall–Kier alpha value is -1.22. The van der Waals surface area contributed by atoms with Crippen LogP contribution in [0.1, 0.15) is 31.2 Å². The van der Waals surface area contributed by atoms with Crippen LogP contribution in [-0.4, -0.2) is 5.78 Å². The highest BCUT2D eigenvalue weighted by molar-refractivity contribution is 5.90. The highest BCUT2D eigenvalue weighted by Gasteiger charge is 2.37. The Labute approximate surface area is 88.3 Å². The van der Waals surface area contributed by atoms with E-state index in [0.29, 0.717) is 12.8 Å². The van der Waals surface area contributed by atoms with Crippen LogP contribution >= 0.6 is 0 Å². The first kappa shape index (κ1) is 10.3. The van der Waals surface area contributed by atoms with Crippen LogP contribution < -0.4 is 5.73 Å².